The lowest BCUT2D eigenvalue weighted by atomic mass is 9.95. The highest BCUT2D eigenvalue weighted by atomic mass is 35.5. The number of hydrogen-bond donors (Lipinski definition) is 1. The standard InChI is InChI=1S/C26H18ClN3O6S/c1-2-36-18-5-3-4-15(12-18)23(31)21-22(14-6-9-17(10-7-14)30(34)35)29(25(33)24(21)32)26-28-19-11-8-16(27)13-20(19)37-26/h3-13,22,31H,2H2,1H3. The Kier molecular flexibility index (Phi) is 6.36. The van der Waals surface area contributed by atoms with Crippen molar-refractivity contribution in [2.24, 2.45) is 0 Å². The summed E-state index contributed by atoms with van der Waals surface area (Å²) < 4.78 is 6.21. The van der Waals surface area contributed by atoms with E-state index in [1.165, 1.54) is 29.2 Å². The number of fused-ring (bicyclic) bond motifs is 1. The minimum Gasteiger partial charge on any atom is -0.507 e. The molecule has 1 amide bonds. The lowest BCUT2D eigenvalue weighted by Gasteiger charge is -2.23. The van der Waals surface area contributed by atoms with Gasteiger partial charge in [0.25, 0.3) is 11.5 Å². The van der Waals surface area contributed by atoms with E-state index in [4.69, 9.17) is 16.3 Å². The second-order valence-corrected chi connectivity index (χ2v) is 9.53. The number of non-ortho nitro benzene ring substituents is 1. The average molecular weight is 536 g/mol. The Morgan fingerprint density at radius 2 is 1.92 bits per heavy atom. The molecule has 0 bridgehead atoms. The van der Waals surface area contributed by atoms with Gasteiger partial charge in [-0.2, -0.15) is 0 Å². The molecular weight excluding hydrogens is 518 g/mol. The number of aromatic nitrogens is 1. The van der Waals surface area contributed by atoms with E-state index in [1.54, 1.807) is 42.5 Å². The number of amides is 1. The molecule has 3 aromatic carbocycles. The minimum absolute atomic E-state index is 0.153. The average Bonchev–Trinajstić information content (AvgIpc) is 3.41. The van der Waals surface area contributed by atoms with Crippen LogP contribution in [0, 0.1) is 10.1 Å². The zero-order valence-corrected chi connectivity index (χ0v) is 20.8. The van der Waals surface area contributed by atoms with Crippen molar-refractivity contribution < 1.29 is 24.4 Å². The summed E-state index contributed by atoms with van der Waals surface area (Å²) in [6.45, 7) is 2.22. The number of anilines is 1. The molecule has 4 aromatic rings. The molecule has 1 N–H and O–H groups in total. The van der Waals surface area contributed by atoms with Gasteiger partial charge in [-0.25, -0.2) is 4.98 Å². The Labute approximate surface area is 219 Å². The zero-order chi connectivity index (χ0) is 26.3. The molecule has 1 aromatic heterocycles. The molecule has 1 atom stereocenters. The number of ketones is 1. The quantitative estimate of drug-likeness (QED) is 0.107. The number of carbonyl (C=O) groups excluding carboxylic acids is 2. The molecule has 1 fully saturated rings. The van der Waals surface area contributed by atoms with E-state index in [2.05, 4.69) is 4.98 Å². The van der Waals surface area contributed by atoms with Gasteiger partial charge < -0.3 is 9.84 Å². The summed E-state index contributed by atoms with van der Waals surface area (Å²) in [5.74, 6) is -1.69. The van der Waals surface area contributed by atoms with E-state index in [1.807, 2.05) is 6.92 Å². The van der Waals surface area contributed by atoms with Gasteiger partial charge in [0.1, 0.15) is 11.5 Å². The number of aliphatic hydroxyl groups is 1. The molecule has 1 aliphatic heterocycles. The predicted molar refractivity (Wildman–Crippen MR) is 140 cm³/mol. The van der Waals surface area contributed by atoms with Gasteiger partial charge >= 0.3 is 5.91 Å². The number of halogens is 1. The number of benzene rings is 3. The third kappa shape index (κ3) is 4.41. The highest BCUT2D eigenvalue weighted by Gasteiger charge is 2.48. The number of Topliss-reactive ketones (excluding diaryl/α,β-unsaturated/α-hetero) is 1. The first-order chi connectivity index (χ1) is 17.8. The molecule has 1 saturated heterocycles. The van der Waals surface area contributed by atoms with Crippen LogP contribution in [0.5, 0.6) is 5.75 Å². The first kappa shape index (κ1) is 24.4. The van der Waals surface area contributed by atoms with Crippen LogP contribution < -0.4 is 9.64 Å². The Morgan fingerprint density at radius 1 is 1.16 bits per heavy atom. The summed E-state index contributed by atoms with van der Waals surface area (Å²) in [7, 11) is 0. The summed E-state index contributed by atoms with van der Waals surface area (Å²) in [5.41, 5.74) is 0.944. The third-order valence-corrected chi connectivity index (χ3v) is 7.08. The van der Waals surface area contributed by atoms with Gasteiger partial charge in [0.15, 0.2) is 5.13 Å². The predicted octanol–water partition coefficient (Wildman–Crippen LogP) is 5.88. The fraction of sp³-hybridized carbons (Fsp3) is 0.115. The van der Waals surface area contributed by atoms with Crippen molar-refractivity contribution in [2.75, 3.05) is 11.5 Å². The molecule has 1 unspecified atom stereocenters. The fourth-order valence-electron chi connectivity index (χ4n) is 4.17. The first-order valence-corrected chi connectivity index (χ1v) is 12.3. The second kappa shape index (κ2) is 9.64. The van der Waals surface area contributed by atoms with Crippen LogP contribution in [-0.4, -0.2) is 33.3 Å². The van der Waals surface area contributed by atoms with E-state index in [0.29, 0.717) is 33.2 Å². The number of carbonyl (C=O) groups is 2. The van der Waals surface area contributed by atoms with Crippen LogP contribution in [0.2, 0.25) is 5.02 Å². The second-order valence-electron chi connectivity index (χ2n) is 8.09. The van der Waals surface area contributed by atoms with Crippen molar-refractivity contribution in [2.45, 2.75) is 13.0 Å². The maximum absolute atomic E-state index is 13.4. The molecular formula is C26H18ClN3O6S. The molecule has 186 valence electrons. The Bertz CT molecular complexity index is 1600. The smallest absolute Gasteiger partial charge is 0.301 e. The van der Waals surface area contributed by atoms with Gasteiger partial charge in [-0.15, -0.1) is 0 Å². The fourth-order valence-corrected chi connectivity index (χ4v) is 5.44. The number of nitrogens with zero attached hydrogens (tertiary/aromatic N) is 3. The Morgan fingerprint density at radius 3 is 2.62 bits per heavy atom. The Balaban J connectivity index is 1.71. The molecule has 0 radical (unpaired) electrons. The summed E-state index contributed by atoms with van der Waals surface area (Å²) in [5, 5.41) is 23.2. The molecule has 2 heterocycles. The highest BCUT2D eigenvalue weighted by Crippen LogP contribution is 2.45. The number of hydrogen-bond acceptors (Lipinski definition) is 8. The van der Waals surface area contributed by atoms with Crippen LogP contribution >= 0.6 is 22.9 Å². The number of ether oxygens (including phenoxy) is 1. The van der Waals surface area contributed by atoms with Crippen molar-refractivity contribution >= 4 is 61.4 Å². The molecule has 0 aliphatic carbocycles. The monoisotopic (exact) mass is 535 g/mol. The molecule has 0 saturated carbocycles. The lowest BCUT2D eigenvalue weighted by molar-refractivity contribution is -0.384. The largest absolute Gasteiger partial charge is 0.507 e. The van der Waals surface area contributed by atoms with Crippen molar-refractivity contribution in [3.8, 4) is 5.75 Å². The molecule has 9 nitrogen and oxygen atoms in total. The summed E-state index contributed by atoms with van der Waals surface area (Å²) in [6, 6.07) is 16.0. The van der Waals surface area contributed by atoms with Gasteiger partial charge in [-0.05, 0) is 55.0 Å². The van der Waals surface area contributed by atoms with Crippen LogP contribution in [0.25, 0.3) is 16.0 Å². The van der Waals surface area contributed by atoms with Crippen molar-refractivity contribution in [1.29, 1.82) is 0 Å². The summed E-state index contributed by atoms with van der Waals surface area (Å²) in [4.78, 5) is 43.1. The van der Waals surface area contributed by atoms with E-state index in [9.17, 15) is 24.8 Å². The van der Waals surface area contributed by atoms with Crippen molar-refractivity contribution in [1.82, 2.24) is 4.98 Å². The number of aliphatic hydroxyl groups excluding tert-OH is 1. The van der Waals surface area contributed by atoms with Gasteiger partial charge in [0.05, 0.1) is 33.4 Å². The van der Waals surface area contributed by atoms with E-state index in [-0.39, 0.29) is 22.0 Å². The minimum atomic E-state index is -1.08. The van der Waals surface area contributed by atoms with Gasteiger partial charge in [-0.3, -0.25) is 24.6 Å². The van der Waals surface area contributed by atoms with Crippen LogP contribution in [-0.2, 0) is 9.59 Å². The number of rotatable bonds is 6. The van der Waals surface area contributed by atoms with Crippen LogP contribution in [0.1, 0.15) is 24.1 Å². The van der Waals surface area contributed by atoms with Crippen molar-refractivity contribution in [3.63, 3.8) is 0 Å². The molecule has 11 heteroatoms. The van der Waals surface area contributed by atoms with Crippen LogP contribution in [0.3, 0.4) is 0 Å². The van der Waals surface area contributed by atoms with E-state index in [0.717, 1.165) is 11.3 Å². The number of nitro benzene ring substituents is 1. The SMILES string of the molecule is CCOc1cccc(C(O)=C2C(=O)C(=O)N(c3nc4ccc(Cl)cc4s3)C2c2ccc([N+](=O)[O-])cc2)c1. The van der Waals surface area contributed by atoms with Gasteiger partial charge in [-0.1, -0.05) is 35.1 Å². The van der Waals surface area contributed by atoms with E-state index >= 15 is 0 Å². The normalized spacial score (nSPS) is 16.9. The summed E-state index contributed by atoms with van der Waals surface area (Å²) >= 11 is 7.27. The first-order valence-electron chi connectivity index (χ1n) is 11.1. The van der Waals surface area contributed by atoms with Crippen LogP contribution in [0.4, 0.5) is 10.8 Å². The topological polar surface area (TPSA) is 123 Å². The third-order valence-electron chi connectivity index (χ3n) is 5.83. The number of thiazole rings is 1. The molecule has 37 heavy (non-hydrogen) atoms. The van der Waals surface area contributed by atoms with Gasteiger partial charge in [0, 0.05) is 22.7 Å². The maximum Gasteiger partial charge on any atom is 0.301 e. The van der Waals surface area contributed by atoms with E-state index < -0.39 is 28.4 Å². The van der Waals surface area contributed by atoms with Crippen LogP contribution in [0.15, 0.2) is 72.3 Å². The highest BCUT2D eigenvalue weighted by molar-refractivity contribution is 7.22. The molecule has 1 aliphatic rings. The Hall–Kier alpha value is -4.28. The van der Waals surface area contributed by atoms with Crippen molar-refractivity contribution in [3.05, 3.63) is 98.6 Å². The lowest BCUT2D eigenvalue weighted by Crippen LogP contribution is -2.29. The molecule has 5 rings (SSSR count). The number of nitro groups is 1. The zero-order valence-electron chi connectivity index (χ0n) is 19.3. The maximum atomic E-state index is 13.4. The molecule has 0 spiro atoms. The van der Waals surface area contributed by atoms with Gasteiger partial charge in [0.2, 0.25) is 0 Å². The summed E-state index contributed by atoms with van der Waals surface area (Å²) in [6.07, 6.45) is 0.